The van der Waals surface area contributed by atoms with Crippen molar-refractivity contribution in [3.05, 3.63) is 33.8 Å². The molecule has 0 aliphatic carbocycles. The lowest BCUT2D eigenvalue weighted by atomic mass is 10.1. The van der Waals surface area contributed by atoms with E-state index in [4.69, 9.17) is 23.2 Å². The topological polar surface area (TPSA) is 49.4 Å². The Morgan fingerprint density at radius 2 is 1.88 bits per heavy atom. The Hall–Kier alpha value is -1.26. The van der Waals surface area contributed by atoms with Crippen molar-refractivity contribution in [1.29, 1.82) is 0 Å². The average molecular weight is 373 g/mol. The Balaban J connectivity index is 2.98. The lowest BCUT2D eigenvalue weighted by molar-refractivity contribution is -0.140. The average Bonchev–Trinajstić information content (AvgIpc) is 2.53. The number of benzene rings is 1. The molecule has 0 fully saturated rings. The van der Waals surface area contributed by atoms with Crippen LogP contribution in [0.3, 0.4) is 0 Å². The highest BCUT2D eigenvalue weighted by Crippen LogP contribution is 2.23. The SMILES string of the molecule is CCCC(=O)N(Cc1ccc(Cl)cc1Cl)[C@H](C)C(=O)N[C@H](C)CC. The van der Waals surface area contributed by atoms with Crippen LogP contribution in [0, 0.1) is 0 Å². The van der Waals surface area contributed by atoms with Gasteiger partial charge in [-0.15, -0.1) is 0 Å². The van der Waals surface area contributed by atoms with Crippen LogP contribution >= 0.6 is 23.2 Å². The van der Waals surface area contributed by atoms with E-state index in [-0.39, 0.29) is 24.4 Å². The summed E-state index contributed by atoms with van der Waals surface area (Å²) in [7, 11) is 0. The van der Waals surface area contributed by atoms with Crippen LogP contribution in [-0.4, -0.2) is 28.8 Å². The summed E-state index contributed by atoms with van der Waals surface area (Å²) in [5, 5.41) is 3.96. The largest absolute Gasteiger partial charge is 0.352 e. The minimum Gasteiger partial charge on any atom is -0.352 e. The molecule has 6 heteroatoms. The van der Waals surface area contributed by atoms with Gasteiger partial charge in [0, 0.05) is 29.1 Å². The fourth-order valence-corrected chi connectivity index (χ4v) is 2.71. The first kappa shape index (κ1) is 20.8. The van der Waals surface area contributed by atoms with E-state index in [1.165, 1.54) is 0 Å². The van der Waals surface area contributed by atoms with Crippen LogP contribution in [0.15, 0.2) is 18.2 Å². The predicted octanol–water partition coefficient (Wildman–Crippen LogP) is 4.43. The molecule has 0 unspecified atom stereocenters. The quantitative estimate of drug-likeness (QED) is 0.733. The van der Waals surface area contributed by atoms with E-state index in [0.717, 1.165) is 18.4 Å². The van der Waals surface area contributed by atoms with Crippen molar-refractivity contribution >= 4 is 35.0 Å². The van der Waals surface area contributed by atoms with E-state index in [2.05, 4.69) is 5.32 Å². The van der Waals surface area contributed by atoms with E-state index in [9.17, 15) is 9.59 Å². The van der Waals surface area contributed by atoms with Gasteiger partial charge in [-0.1, -0.05) is 43.1 Å². The second-order valence-corrected chi connectivity index (χ2v) is 6.84. The van der Waals surface area contributed by atoms with Crippen molar-refractivity contribution in [2.45, 2.75) is 65.6 Å². The van der Waals surface area contributed by atoms with E-state index >= 15 is 0 Å². The second kappa shape index (κ2) is 9.90. The van der Waals surface area contributed by atoms with Crippen molar-refractivity contribution < 1.29 is 9.59 Å². The zero-order chi connectivity index (χ0) is 18.3. The Kier molecular flexibility index (Phi) is 8.57. The first-order chi connectivity index (χ1) is 11.3. The van der Waals surface area contributed by atoms with Gasteiger partial charge in [-0.05, 0) is 44.4 Å². The number of hydrogen-bond acceptors (Lipinski definition) is 2. The molecular weight excluding hydrogens is 347 g/mol. The molecule has 1 rings (SSSR count). The lowest BCUT2D eigenvalue weighted by Gasteiger charge is -2.30. The molecule has 0 bridgehead atoms. The molecule has 0 aliphatic rings. The van der Waals surface area contributed by atoms with E-state index in [1.54, 1.807) is 30.0 Å². The molecule has 0 aliphatic heterocycles. The fourth-order valence-electron chi connectivity index (χ4n) is 2.24. The molecule has 0 saturated carbocycles. The summed E-state index contributed by atoms with van der Waals surface area (Å²) in [6, 6.07) is 4.67. The Labute approximate surface area is 154 Å². The van der Waals surface area contributed by atoms with Gasteiger partial charge in [-0.25, -0.2) is 0 Å². The lowest BCUT2D eigenvalue weighted by Crippen LogP contribution is -2.49. The van der Waals surface area contributed by atoms with Crippen LogP contribution in [0.4, 0.5) is 0 Å². The molecule has 1 aromatic carbocycles. The summed E-state index contributed by atoms with van der Waals surface area (Å²) in [4.78, 5) is 26.5. The maximum absolute atomic E-state index is 12.5. The number of carbonyl (C=O) groups is 2. The van der Waals surface area contributed by atoms with Crippen molar-refractivity contribution in [2.75, 3.05) is 0 Å². The van der Waals surface area contributed by atoms with Gasteiger partial charge in [0.15, 0.2) is 0 Å². The molecular formula is C18H26Cl2N2O2. The van der Waals surface area contributed by atoms with Gasteiger partial charge >= 0.3 is 0 Å². The van der Waals surface area contributed by atoms with Gasteiger partial charge < -0.3 is 10.2 Å². The minimum atomic E-state index is -0.565. The van der Waals surface area contributed by atoms with Crippen LogP contribution in [0.1, 0.15) is 52.5 Å². The zero-order valence-corrected chi connectivity index (χ0v) is 16.2. The summed E-state index contributed by atoms with van der Waals surface area (Å²) in [5.41, 5.74) is 0.772. The minimum absolute atomic E-state index is 0.0599. The smallest absolute Gasteiger partial charge is 0.242 e. The van der Waals surface area contributed by atoms with Crippen LogP contribution < -0.4 is 5.32 Å². The number of rotatable bonds is 8. The Morgan fingerprint density at radius 3 is 2.42 bits per heavy atom. The maximum atomic E-state index is 12.5. The fraction of sp³-hybridized carbons (Fsp3) is 0.556. The van der Waals surface area contributed by atoms with E-state index < -0.39 is 6.04 Å². The number of nitrogens with zero attached hydrogens (tertiary/aromatic N) is 1. The molecule has 1 N–H and O–H groups in total. The molecule has 0 heterocycles. The summed E-state index contributed by atoms with van der Waals surface area (Å²) in [6.07, 6.45) is 1.96. The summed E-state index contributed by atoms with van der Waals surface area (Å²) in [6.45, 7) is 7.91. The number of amides is 2. The third kappa shape index (κ3) is 5.99. The highest BCUT2D eigenvalue weighted by atomic mass is 35.5. The van der Waals surface area contributed by atoms with E-state index in [1.807, 2.05) is 20.8 Å². The van der Waals surface area contributed by atoms with Gasteiger partial charge in [0.1, 0.15) is 6.04 Å². The van der Waals surface area contributed by atoms with Crippen LogP contribution in [0.25, 0.3) is 0 Å². The third-order valence-electron chi connectivity index (χ3n) is 3.99. The first-order valence-electron chi connectivity index (χ1n) is 8.33. The molecule has 24 heavy (non-hydrogen) atoms. The third-order valence-corrected chi connectivity index (χ3v) is 4.57. The molecule has 0 saturated heterocycles. The zero-order valence-electron chi connectivity index (χ0n) is 14.7. The number of nitrogens with one attached hydrogen (secondary N) is 1. The Morgan fingerprint density at radius 1 is 1.21 bits per heavy atom. The maximum Gasteiger partial charge on any atom is 0.242 e. The van der Waals surface area contributed by atoms with Gasteiger partial charge in [-0.2, -0.15) is 0 Å². The molecule has 0 spiro atoms. The van der Waals surface area contributed by atoms with Crippen LogP contribution in [-0.2, 0) is 16.1 Å². The molecule has 134 valence electrons. The number of hydrogen-bond donors (Lipinski definition) is 1. The molecule has 0 radical (unpaired) electrons. The van der Waals surface area contributed by atoms with Crippen LogP contribution in [0.5, 0.6) is 0 Å². The summed E-state index contributed by atoms with van der Waals surface area (Å²) in [5.74, 6) is -0.214. The predicted molar refractivity (Wildman–Crippen MR) is 99.3 cm³/mol. The number of halogens is 2. The Bertz CT molecular complexity index is 578. The van der Waals surface area contributed by atoms with Gasteiger partial charge in [0.2, 0.25) is 11.8 Å². The first-order valence-corrected chi connectivity index (χ1v) is 9.09. The highest BCUT2D eigenvalue weighted by molar-refractivity contribution is 6.35. The molecule has 1 aromatic rings. The van der Waals surface area contributed by atoms with Gasteiger partial charge in [-0.3, -0.25) is 9.59 Å². The normalized spacial score (nSPS) is 13.2. The molecule has 2 amide bonds. The van der Waals surface area contributed by atoms with Crippen LogP contribution in [0.2, 0.25) is 10.0 Å². The van der Waals surface area contributed by atoms with E-state index in [0.29, 0.717) is 16.5 Å². The summed E-state index contributed by atoms with van der Waals surface area (Å²) < 4.78 is 0. The monoisotopic (exact) mass is 372 g/mol. The second-order valence-electron chi connectivity index (χ2n) is 6.00. The molecule has 0 aromatic heterocycles. The van der Waals surface area contributed by atoms with Crippen molar-refractivity contribution in [3.8, 4) is 0 Å². The number of carbonyl (C=O) groups excluding carboxylic acids is 2. The summed E-state index contributed by atoms with van der Waals surface area (Å²) >= 11 is 12.1. The van der Waals surface area contributed by atoms with Crippen molar-refractivity contribution in [3.63, 3.8) is 0 Å². The molecule has 4 nitrogen and oxygen atoms in total. The van der Waals surface area contributed by atoms with Gasteiger partial charge in [0.05, 0.1) is 0 Å². The highest BCUT2D eigenvalue weighted by Gasteiger charge is 2.26. The van der Waals surface area contributed by atoms with Crippen molar-refractivity contribution in [2.24, 2.45) is 0 Å². The molecule has 2 atom stereocenters. The standard InChI is InChI=1S/C18H26Cl2N2O2/c1-5-7-17(23)22(13(4)18(24)21-12(3)6-2)11-14-8-9-15(19)10-16(14)20/h8-10,12-13H,5-7,11H2,1-4H3,(H,21,24)/t12-,13-/m1/s1. The van der Waals surface area contributed by atoms with Crippen molar-refractivity contribution in [1.82, 2.24) is 10.2 Å². The van der Waals surface area contributed by atoms with Gasteiger partial charge in [0.25, 0.3) is 0 Å².